The summed E-state index contributed by atoms with van der Waals surface area (Å²) in [6.45, 7) is 5.09. The average molecular weight is 435 g/mol. The lowest BCUT2D eigenvalue weighted by Gasteiger charge is -2.29. The highest BCUT2D eigenvalue weighted by Crippen LogP contribution is 2.31. The fourth-order valence-electron chi connectivity index (χ4n) is 4.56. The van der Waals surface area contributed by atoms with Crippen molar-refractivity contribution in [2.45, 2.75) is 56.4 Å². The van der Waals surface area contributed by atoms with E-state index in [1.165, 1.54) is 6.07 Å². The summed E-state index contributed by atoms with van der Waals surface area (Å²) in [5.41, 5.74) is 1.63. The molecule has 30 heavy (non-hydrogen) atoms. The minimum atomic E-state index is -3.83. The topological polar surface area (TPSA) is 90.0 Å². The predicted octanol–water partition coefficient (Wildman–Crippen LogP) is 1.94. The molecule has 9 heteroatoms. The number of carbonyl (C=O) groups excluding carboxylic acids is 2. The molecule has 0 aromatic heterocycles. The summed E-state index contributed by atoms with van der Waals surface area (Å²) in [5, 5.41) is 0. The summed E-state index contributed by atoms with van der Waals surface area (Å²) < 4.78 is 28.3. The molecule has 1 aromatic carbocycles. The van der Waals surface area contributed by atoms with Crippen molar-refractivity contribution in [1.29, 1.82) is 0 Å². The number of hydrogen-bond acceptors (Lipinski definition) is 4. The Bertz CT molecular complexity index is 921. The molecule has 4 rings (SSSR count). The molecule has 3 aliphatic heterocycles. The van der Waals surface area contributed by atoms with Gasteiger partial charge >= 0.3 is 6.03 Å². The van der Waals surface area contributed by atoms with E-state index in [1.54, 1.807) is 28.9 Å². The SMILES string of the molecule is CC(NS(=O)(=O)c1ccc2c(c1)CCN2C(=O)N1CCCC1)C(=O)N1CCCCC1. The first-order valence-corrected chi connectivity index (χ1v) is 12.4. The van der Waals surface area contributed by atoms with Crippen LogP contribution in [0.25, 0.3) is 0 Å². The second-order valence-electron chi connectivity index (χ2n) is 8.40. The molecule has 1 aromatic rings. The van der Waals surface area contributed by atoms with Crippen LogP contribution in [0.15, 0.2) is 23.1 Å². The van der Waals surface area contributed by atoms with Crippen LogP contribution in [0.4, 0.5) is 10.5 Å². The number of nitrogens with one attached hydrogen (secondary N) is 1. The van der Waals surface area contributed by atoms with Crippen molar-refractivity contribution < 1.29 is 18.0 Å². The summed E-state index contributed by atoms with van der Waals surface area (Å²) in [5.74, 6) is -0.179. The number of rotatable bonds is 4. The van der Waals surface area contributed by atoms with Crippen molar-refractivity contribution in [3.63, 3.8) is 0 Å². The fourth-order valence-corrected chi connectivity index (χ4v) is 5.81. The molecule has 1 unspecified atom stereocenters. The maximum absolute atomic E-state index is 12.9. The van der Waals surface area contributed by atoms with Crippen LogP contribution in [-0.2, 0) is 21.2 Å². The van der Waals surface area contributed by atoms with Crippen LogP contribution in [0.2, 0.25) is 0 Å². The van der Waals surface area contributed by atoms with E-state index in [0.29, 0.717) is 26.1 Å². The van der Waals surface area contributed by atoms with Gasteiger partial charge in [0.05, 0.1) is 10.9 Å². The molecular weight excluding hydrogens is 404 g/mol. The summed E-state index contributed by atoms with van der Waals surface area (Å²) >= 11 is 0. The Morgan fingerprint density at radius 3 is 2.27 bits per heavy atom. The minimum Gasteiger partial charge on any atom is -0.341 e. The largest absolute Gasteiger partial charge is 0.341 e. The van der Waals surface area contributed by atoms with Gasteiger partial charge in [0.15, 0.2) is 0 Å². The average Bonchev–Trinajstić information content (AvgIpc) is 3.42. The highest BCUT2D eigenvalue weighted by atomic mass is 32.2. The van der Waals surface area contributed by atoms with E-state index in [2.05, 4.69) is 4.72 Å². The minimum absolute atomic E-state index is 0.000678. The predicted molar refractivity (Wildman–Crippen MR) is 114 cm³/mol. The molecule has 0 radical (unpaired) electrons. The van der Waals surface area contributed by atoms with Crippen LogP contribution in [0.3, 0.4) is 0 Å². The molecule has 3 aliphatic rings. The Labute approximate surface area is 178 Å². The van der Waals surface area contributed by atoms with Gasteiger partial charge in [0, 0.05) is 38.4 Å². The number of carbonyl (C=O) groups is 2. The van der Waals surface area contributed by atoms with Gasteiger partial charge in [0.2, 0.25) is 15.9 Å². The van der Waals surface area contributed by atoms with E-state index in [4.69, 9.17) is 0 Å². The third-order valence-electron chi connectivity index (χ3n) is 6.23. The number of nitrogens with zero attached hydrogens (tertiary/aromatic N) is 3. The number of urea groups is 1. The van der Waals surface area contributed by atoms with Gasteiger partial charge in [-0.25, -0.2) is 13.2 Å². The van der Waals surface area contributed by atoms with Crippen LogP contribution in [0.5, 0.6) is 0 Å². The number of benzene rings is 1. The molecule has 2 fully saturated rings. The van der Waals surface area contributed by atoms with Crippen LogP contribution in [-0.4, -0.2) is 68.9 Å². The zero-order valence-corrected chi connectivity index (χ0v) is 18.3. The van der Waals surface area contributed by atoms with Gasteiger partial charge < -0.3 is 9.80 Å². The smallest absolute Gasteiger partial charge is 0.324 e. The van der Waals surface area contributed by atoms with Crippen molar-refractivity contribution in [3.8, 4) is 0 Å². The van der Waals surface area contributed by atoms with Gasteiger partial charge in [-0.3, -0.25) is 9.69 Å². The normalized spacial score (nSPS) is 20.4. The summed E-state index contributed by atoms with van der Waals surface area (Å²) in [6.07, 6.45) is 5.72. The second kappa shape index (κ2) is 8.55. The number of sulfonamides is 1. The third kappa shape index (κ3) is 4.18. The first-order chi connectivity index (χ1) is 14.4. The Kier molecular flexibility index (Phi) is 6.02. The van der Waals surface area contributed by atoms with Crippen LogP contribution in [0, 0.1) is 0 Å². The number of hydrogen-bond donors (Lipinski definition) is 1. The number of fused-ring (bicyclic) bond motifs is 1. The van der Waals surface area contributed by atoms with Crippen LogP contribution in [0.1, 0.15) is 44.6 Å². The van der Waals surface area contributed by atoms with Gasteiger partial charge in [0.25, 0.3) is 0 Å². The first kappa shape index (κ1) is 21.1. The van der Waals surface area contributed by atoms with Crippen molar-refractivity contribution in [1.82, 2.24) is 14.5 Å². The van der Waals surface area contributed by atoms with Crippen molar-refractivity contribution in [2.75, 3.05) is 37.6 Å². The molecule has 8 nitrogen and oxygen atoms in total. The highest BCUT2D eigenvalue weighted by Gasteiger charge is 2.32. The number of amides is 3. The van der Waals surface area contributed by atoms with Crippen molar-refractivity contribution in [2.24, 2.45) is 0 Å². The monoisotopic (exact) mass is 434 g/mol. The lowest BCUT2D eigenvalue weighted by Crippen LogP contribution is -2.48. The number of anilines is 1. The number of likely N-dealkylation sites (tertiary alicyclic amines) is 2. The number of piperidine rings is 1. The molecular formula is C21H30N4O4S. The maximum atomic E-state index is 12.9. The standard InChI is InChI=1S/C21H30N4O4S/c1-16(20(26)23-10-3-2-4-11-23)22-30(28,29)18-7-8-19-17(15-18)9-14-25(19)21(27)24-12-5-6-13-24/h7-8,15-16,22H,2-6,9-14H2,1H3. The molecule has 164 valence electrons. The quantitative estimate of drug-likeness (QED) is 0.784. The maximum Gasteiger partial charge on any atom is 0.324 e. The van der Waals surface area contributed by atoms with E-state index < -0.39 is 16.1 Å². The Morgan fingerprint density at radius 1 is 0.933 bits per heavy atom. The van der Waals surface area contributed by atoms with E-state index in [0.717, 1.165) is 56.4 Å². The van der Waals surface area contributed by atoms with Gasteiger partial charge in [-0.1, -0.05) is 0 Å². The Hall–Kier alpha value is -2.13. The third-order valence-corrected chi connectivity index (χ3v) is 7.77. The summed E-state index contributed by atoms with van der Waals surface area (Å²) in [7, 11) is -3.83. The van der Waals surface area contributed by atoms with Crippen LogP contribution >= 0.6 is 0 Å². The van der Waals surface area contributed by atoms with Crippen molar-refractivity contribution >= 4 is 27.6 Å². The fraction of sp³-hybridized carbons (Fsp3) is 0.619. The molecule has 0 saturated carbocycles. The Morgan fingerprint density at radius 2 is 1.57 bits per heavy atom. The molecule has 3 heterocycles. The molecule has 1 atom stereocenters. The van der Waals surface area contributed by atoms with E-state index in [1.807, 2.05) is 4.90 Å². The lowest BCUT2D eigenvalue weighted by molar-refractivity contribution is -0.133. The second-order valence-corrected chi connectivity index (χ2v) is 10.1. The summed E-state index contributed by atoms with van der Waals surface area (Å²) in [6, 6.07) is 4.06. The van der Waals surface area contributed by atoms with Crippen LogP contribution < -0.4 is 9.62 Å². The molecule has 0 aliphatic carbocycles. The van der Waals surface area contributed by atoms with Gasteiger partial charge in [-0.15, -0.1) is 0 Å². The Balaban J connectivity index is 1.46. The lowest BCUT2D eigenvalue weighted by atomic mass is 10.1. The van der Waals surface area contributed by atoms with E-state index in [9.17, 15) is 18.0 Å². The zero-order chi connectivity index (χ0) is 21.3. The van der Waals surface area contributed by atoms with Gasteiger partial charge in [-0.05, 0) is 69.2 Å². The van der Waals surface area contributed by atoms with E-state index in [-0.39, 0.29) is 16.8 Å². The molecule has 0 spiro atoms. The first-order valence-electron chi connectivity index (χ1n) is 10.9. The van der Waals surface area contributed by atoms with Gasteiger partial charge in [0.1, 0.15) is 0 Å². The molecule has 1 N–H and O–H groups in total. The van der Waals surface area contributed by atoms with E-state index >= 15 is 0 Å². The van der Waals surface area contributed by atoms with Crippen molar-refractivity contribution in [3.05, 3.63) is 23.8 Å². The zero-order valence-electron chi connectivity index (χ0n) is 17.5. The molecule has 0 bridgehead atoms. The summed E-state index contributed by atoms with van der Waals surface area (Å²) in [4.78, 5) is 30.8. The molecule has 3 amide bonds. The molecule has 2 saturated heterocycles. The van der Waals surface area contributed by atoms with Gasteiger partial charge in [-0.2, -0.15) is 4.72 Å². The highest BCUT2D eigenvalue weighted by molar-refractivity contribution is 7.89.